The van der Waals surface area contributed by atoms with Gasteiger partial charge in [0.1, 0.15) is 16.8 Å². The third-order valence-electron chi connectivity index (χ3n) is 3.33. The predicted octanol–water partition coefficient (Wildman–Crippen LogP) is 1.37. The average Bonchev–Trinajstić information content (AvgIpc) is 2.39. The minimum atomic E-state index is 0.219. The van der Waals surface area contributed by atoms with Crippen molar-refractivity contribution in [2.24, 2.45) is 0 Å². The highest BCUT2D eigenvalue weighted by molar-refractivity contribution is 6.29. The maximum Gasteiger partial charge on any atom is 0.135 e. The number of aliphatic hydroxyl groups excluding tert-OH is 1. The van der Waals surface area contributed by atoms with Crippen molar-refractivity contribution in [3.8, 4) is 0 Å². The van der Waals surface area contributed by atoms with E-state index >= 15 is 0 Å². The van der Waals surface area contributed by atoms with E-state index < -0.39 is 0 Å². The fourth-order valence-electron chi connectivity index (χ4n) is 2.19. The highest BCUT2D eigenvalue weighted by Gasteiger charge is 2.19. The number of nitrogens with zero attached hydrogens (tertiary/aromatic N) is 4. The second kappa shape index (κ2) is 6.50. The van der Waals surface area contributed by atoms with Gasteiger partial charge >= 0.3 is 0 Å². The number of piperazine rings is 1. The van der Waals surface area contributed by atoms with E-state index in [1.807, 2.05) is 6.07 Å². The molecule has 1 fully saturated rings. The van der Waals surface area contributed by atoms with Crippen molar-refractivity contribution in [1.82, 2.24) is 14.9 Å². The van der Waals surface area contributed by atoms with Gasteiger partial charge in [-0.05, 0) is 0 Å². The molecule has 2 rings (SSSR count). The molecule has 0 saturated carbocycles. The summed E-state index contributed by atoms with van der Waals surface area (Å²) in [6.45, 7) is 8.80. The first kappa shape index (κ1) is 14.5. The first-order valence-electron chi connectivity index (χ1n) is 6.73. The molecule has 1 aromatic heterocycles. The van der Waals surface area contributed by atoms with E-state index in [0.717, 1.165) is 44.4 Å². The van der Waals surface area contributed by atoms with Crippen LogP contribution in [0.2, 0.25) is 5.15 Å². The molecule has 0 radical (unpaired) electrons. The molecule has 1 aliphatic rings. The molecule has 6 heteroatoms. The highest BCUT2D eigenvalue weighted by atomic mass is 35.5. The van der Waals surface area contributed by atoms with Gasteiger partial charge in [-0.2, -0.15) is 0 Å². The summed E-state index contributed by atoms with van der Waals surface area (Å²) in [6.07, 6.45) is 0. The van der Waals surface area contributed by atoms with Crippen molar-refractivity contribution in [3.05, 3.63) is 17.0 Å². The lowest BCUT2D eigenvalue weighted by molar-refractivity contribution is 0.188. The molecule has 0 amide bonds. The Labute approximate surface area is 119 Å². The number of anilines is 1. The van der Waals surface area contributed by atoms with Crippen molar-refractivity contribution in [3.63, 3.8) is 0 Å². The third-order valence-corrected chi connectivity index (χ3v) is 3.52. The summed E-state index contributed by atoms with van der Waals surface area (Å²) in [4.78, 5) is 13.3. The minimum absolute atomic E-state index is 0.219. The second-order valence-electron chi connectivity index (χ2n) is 5.11. The minimum Gasteiger partial charge on any atom is -0.395 e. The molecule has 106 valence electrons. The lowest BCUT2D eigenvalue weighted by Gasteiger charge is -2.35. The van der Waals surface area contributed by atoms with E-state index in [9.17, 15) is 0 Å². The topological polar surface area (TPSA) is 52.5 Å². The first-order valence-corrected chi connectivity index (χ1v) is 7.10. The normalized spacial score (nSPS) is 17.2. The fraction of sp³-hybridized carbons (Fsp3) is 0.692. The lowest BCUT2D eigenvalue weighted by Crippen LogP contribution is -2.47. The summed E-state index contributed by atoms with van der Waals surface area (Å²) in [7, 11) is 0. The van der Waals surface area contributed by atoms with E-state index in [1.165, 1.54) is 0 Å². The number of aliphatic hydroxyl groups is 1. The Bertz CT molecular complexity index is 419. The Hall–Kier alpha value is -0.910. The van der Waals surface area contributed by atoms with E-state index in [2.05, 4.69) is 33.6 Å². The maximum absolute atomic E-state index is 8.94. The molecule has 0 aromatic carbocycles. The molecule has 0 unspecified atom stereocenters. The Balaban J connectivity index is 2.06. The Morgan fingerprint density at radius 2 is 1.95 bits per heavy atom. The number of aromatic nitrogens is 2. The van der Waals surface area contributed by atoms with Crippen molar-refractivity contribution in [2.45, 2.75) is 19.8 Å². The van der Waals surface area contributed by atoms with E-state index in [-0.39, 0.29) is 12.5 Å². The van der Waals surface area contributed by atoms with Crippen molar-refractivity contribution in [1.29, 1.82) is 0 Å². The number of hydrogen-bond donors (Lipinski definition) is 1. The van der Waals surface area contributed by atoms with Gasteiger partial charge in [-0.25, -0.2) is 9.97 Å². The highest BCUT2D eigenvalue weighted by Crippen LogP contribution is 2.21. The standard InChI is InChI=1S/C13H21ClN4O/c1-10(2)13-15-11(14)9-12(16-13)18-5-3-17(4-6-18)7-8-19/h9-10,19H,3-8H2,1-2H3. The van der Waals surface area contributed by atoms with Crippen molar-refractivity contribution < 1.29 is 5.11 Å². The quantitative estimate of drug-likeness (QED) is 0.847. The van der Waals surface area contributed by atoms with Gasteiger partial charge in [0.15, 0.2) is 0 Å². The van der Waals surface area contributed by atoms with Crippen molar-refractivity contribution >= 4 is 17.4 Å². The Kier molecular flexibility index (Phi) is 4.96. The molecule has 5 nitrogen and oxygen atoms in total. The first-order chi connectivity index (χ1) is 9.10. The Morgan fingerprint density at radius 1 is 1.26 bits per heavy atom. The van der Waals surface area contributed by atoms with Crippen LogP contribution in [0.25, 0.3) is 0 Å². The molecule has 2 heterocycles. The van der Waals surface area contributed by atoms with Crippen LogP contribution in [0.5, 0.6) is 0 Å². The van der Waals surface area contributed by atoms with Crippen molar-refractivity contribution in [2.75, 3.05) is 44.2 Å². The third kappa shape index (κ3) is 3.78. The van der Waals surface area contributed by atoms with Crippen LogP contribution in [0.1, 0.15) is 25.6 Å². The molecule has 0 bridgehead atoms. The molecule has 1 saturated heterocycles. The molecule has 1 aromatic rings. The van der Waals surface area contributed by atoms with Crippen LogP contribution in [0.3, 0.4) is 0 Å². The van der Waals surface area contributed by atoms with E-state index in [1.54, 1.807) is 0 Å². The van der Waals surface area contributed by atoms with Crippen LogP contribution in [-0.4, -0.2) is 59.3 Å². The van der Waals surface area contributed by atoms with Gasteiger partial charge in [-0.1, -0.05) is 25.4 Å². The zero-order chi connectivity index (χ0) is 13.8. The maximum atomic E-state index is 8.94. The fourth-order valence-corrected chi connectivity index (χ4v) is 2.37. The lowest BCUT2D eigenvalue weighted by atomic mass is 10.2. The summed E-state index contributed by atoms with van der Waals surface area (Å²) in [5.74, 6) is 1.97. The second-order valence-corrected chi connectivity index (χ2v) is 5.50. The van der Waals surface area contributed by atoms with Crippen LogP contribution in [0.4, 0.5) is 5.82 Å². The van der Waals surface area contributed by atoms with Crippen LogP contribution in [0.15, 0.2) is 6.07 Å². The van der Waals surface area contributed by atoms with Gasteiger partial charge in [-0.3, -0.25) is 4.90 Å². The molecule has 1 aliphatic heterocycles. The van der Waals surface area contributed by atoms with Gasteiger partial charge in [-0.15, -0.1) is 0 Å². The van der Waals surface area contributed by atoms with Crippen LogP contribution >= 0.6 is 11.6 Å². The van der Waals surface area contributed by atoms with E-state index in [0.29, 0.717) is 5.15 Å². The van der Waals surface area contributed by atoms with Crippen LogP contribution in [-0.2, 0) is 0 Å². The number of rotatable bonds is 4. The zero-order valence-corrected chi connectivity index (χ0v) is 12.3. The molecule has 1 N–H and O–H groups in total. The van der Waals surface area contributed by atoms with E-state index in [4.69, 9.17) is 16.7 Å². The predicted molar refractivity (Wildman–Crippen MR) is 76.9 cm³/mol. The SMILES string of the molecule is CC(C)c1nc(Cl)cc(N2CCN(CCO)CC2)n1. The smallest absolute Gasteiger partial charge is 0.135 e. The Morgan fingerprint density at radius 3 is 2.53 bits per heavy atom. The van der Waals surface area contributed by atoms with Gasteiger partial charge in [0.25, 0.3) is 0 Å². The molecular formula is C13H21ClN4O. The van der Waals surface area contributed by atoms with Crippen LogP contribution in [0, 0.1) is 0 Å². The van der Waals surface area contributed by atoms with Gasteiger partial charge in [0.2, 0.25) is 0 Å². The largest absolute Gasteiger partial charge is 0.395 e. The summed E-state index contributed by atoms with van der Waals surface area (Å²) in [5, 5.41) is 9.45. The van der Waals surface area contributed by atoms with Gasteiger partial charge in [0, 0.05) is 44.7 Å². The average molecular weight is 285 g/mol. The summed E-state index contributed by atoms with van der Waals surface area (Å²) in [5.41, 5.74) is 0. The summed E-state index contributed by atoms with van der Waals surface area (Å²) >= 11 is 6.07. The molecule has 0 atom stereocenters. The van der Waals surface area contributed by atoms with Crippen LogP contribution < -0.4 is 4.90 Å². The number of halogens is 1. The molecular weight excluding hydrogens is 264 g/mol. The summed E-state index contributed by atoms with van der Waals surface area (Å²) in [6, 6.07) is 1.83. The van der Waals surface area contributed by atoms with Gasteiger partial charge < -0.3 is 10.0 Å². The molecule has 19 heavy (non-hydrogen) atoms. The summed E-state index contributed by atoms with van der Waals surface area (Å²) < 4.78 is 0. The molecule has 0 spiro atoms. The number of β-amino-alcohol motifs (C(OH)–C–C–N with tert-alkyl or cyclic N) is 1. The zero-order valence-electron chi connectivity index (χ0n) is 11.5. The molecule has 0 aliphatic carbocycles. The monoisotopic (exact) mass is 284 g/mol. The number of hydrogen-bond acceptors (Lipinski definition) is 5. The van der Waals surface area contributed by atoms with Gasteiger partial charge in [0.05, 0.1) is 6.61 Å².